The smallest absolute Gasteiger partial charge is 0.262 e. The van der Waals surface area contributed by atoms with Gasteiger partial charge in [0.25, 0.3) is 10.0 Å². The van der Waals surface area contributed by atoms with Crippen LogP contribution >= 0.6 is 0 Å². The number of hydrogen-bond acceptors (Lipinski definition) is 7. The summed E-state index contributed by atoms with van der Waals surface area (Å²) in [7, 11) is -4.16. The Balaban J connectivity index is 1.39. The zero-order valence-corrected chi connectivity index (χ0v) is 22.0. The molecule has 9 nitrogen and oxygen atoms in total. The van der Waals surface area contributed by atoms with Crippen LogP contribution in [0.25, 0.3) is 27.9 Å². The summed E-state index contributed by atoms with van der Waals surface area (Å²) < 4.78 is 60.6. The Morgan fingerprint density at radius 2 is 1.70 bits per heavy atom. The number of pyridine rings is 1. The second kappa shape index (κ2) is 9.65. The number of nitrogens with one attached hydrogen (secondary N) is 2. The Hall–Kier alpha value is -4.97. The Bertz CT molecular complexity index is 2040. The molecule has 0 spiro atoms. The van der Waals surface area contributed by atoms with E-state index in [9.17, 15) is 12.8 Å². The molecule has 0 aliphatic heterocycles. The Morgan fingerprint density at radius 3 is 2.52 bits per heavy atom. The van der Waals surface area contributed by atoms with Gasteiger partial charge in [-0.2, -0.15) is 0 Å². The first kappa shape index (κ1) is 25.3. The molecule has 0 amide bonds. The summed E-state index contributed by atoms with van der Waals surface area (Å²) in [6.07, 6.45) is 2.86. The third kappa shape index (κ3) is 4.47. The Morgan fingerprint density at radius 1 is 0.875 bits per heavy atom. The van der Waals surface area contributed by atoms with Gasteiger partial charge in [0.15, 0.2) is 11.6 Å². The molecular weight excluding hydrogens is 536 g/mol. The van der Waals surface area contributed by atoms with Crippen molar-refractivity contribution in [2.24, 2.45) is 0 Å². The molecule has 2 N–H and O–H groups in total. The van der Waals surface area contributed by atoms with Crippen LogP contribution in [0.2, 0.25) is 0 Å². The van der Waals surface area contributed by atoms with Crippen LogP contribution in [0.4, 0.5) is 26.0 Å². The lowest BCUT2D eigenvalue weighted by molar-refractivity contribution is 0.588. The van der Waals surface area contributed by atoms with Crippen molar-refractivity contribution in [2.45, 2.75) is 18.7 Å². The van der Waals surface area contributed by atoms with Crippen molar-refractivity contribution in [2.75, 3.05) is 10.0 Å². The number of imidazole rings is 1. The van der Waals surface area contributed by atoms with E-state index in [1.807, 2.05) is 31.2 Å². The lowest BCUT2D eigenvalue weighted by Crippen LogP contribution is -2.16. The highest BCUT2D eigenvalue weighted by atomic mass is 32.2. The number of nitrogens with zero attached hydrogens (tertiary/aromatic N) is 5. The highest BCUT2D eigenvalue weighted by Gasteiger charge is 2.22. The van der Waals surface area contributed by atoms with E-state index in [-0.39, 0.29) is 16.2 Å². The number of anilines is 3. The molecule has 12 heteroatoms. The number of para-hydroxylation sites is 2. The lowest BCUT2D eigenvalue weighted by Gasteiger charge is -2.15. The fraction of sp³-hybridized carbons (Fsp3) is 0.0714. The largest absolute Gasteiger partial charge is 0.333 e. The third-order valence-corrected chi connectivity index (χ3v) is 7.89. The summed E-state index contributed by atoms with van der Waals surface area (Å²) in [5, 5.41) is 2.65. The van der Waals surface area contributed by atoms with Gasteiger partial charge in [0, 0.05) is 0 Å². The summed E-state index contributed by atoms with van der Waals surface area (Å²) in [5.41, 5.74) is 2.62. The summed E-state index contributed by atoms with van der Waals surface area (Å²) in [6, 6.07) is 17.7. The predicted octanol–water partition coefficient (Wildman–Crippen LogP) is 5.80. The summed E-state index contributed by atoms with van der Waals surface area (Å²) in [6.45, 7) is 3.48. The maximum Gasteiger partial charge on any atom is 0.262 e. The zero-order chi connectivity index (χ0) is 28.0. The maximum absolute atomic E-state index is 15.6. The summed E-state index contributed by atoms with van der Waals surface area (Å²) in [4.78, 5) is 17.4. The molecule has 6 aromatic rings. The highest BCUT2D eigenvalue weighted by molar-refractivity contribution is 7.92. The number of benzene rings is 3. The molecule has 3 aromatic carbocycles. The number of sulfonamides is 1. The quantitative estimate of drug-likeness (QED) is 0.266. The molecule has 200 valence electrons. The molecule has 40 heavy (non-hydrogen) atoms. The van der Waals surface area contributed by atoms with E-state index in [2.05, 4.69) is 30.0 Å². The van der Waals surface area contributed by atoms with E-state index in [1.165, 1.54) is 12.4 Å². The standard InChI is InChI=1S/C28H21F2N7O2S/c1-16-7-11-23(17(2)13-16)40(38,39)36-20-9-8-18(29)26(25(20)30)35-28-27-21(31-14-32-28)10-12-24(34-27)37-15-33-19-5-3-4-6-22(19)37/h3-15,36H,1-2H3,(H,31,32,35). The second-order valence-electron chi connectivity index (χ2n) is 9.15. The molecule has 3 heterocycles. The topological polar surface area (TPSA) is 115 Å². The minimum atomic E-state index is -4.16. The molecule has 0 atom stereocenters. The average Bonchev–Trinajstić information content (AvgIpc) is 3.36. The van der Waals surface area contributed by atoms with Gasteiger partial charge in [-0.15, -0.1) is 0 Å². The number of aryl methyl sites for hydroxylation is 2. The van der Waals surface area contributed by atoms with E-state index in [0.29, 0.717) is 16.9 Å². The van der Waals surface area contributed by atoms with Crippen molar-refractivity contribution < 1.29 is 17.2 Å². The van der Waals surface area contributed by atoms with Crippen LogP contribution in [0, 0.1) is 25.5 Å². The van der Waals surface area contributed by atoms with Crippen molar-refractivity contribution in [3.05, 3.63) is 102 Å². The van der Waals surface area contributed by atoms with Crippen molar-refractivity contribution in [3.8, 4) is 5.82 Å². The molecule has 0 unspecified atom stereocenters. The van der Waals surface area contributed by atoms with Gasteiger partial charge in [0.2, 0.25) is 0 Å². The van der Waals surface area contributed by atoms with E-state index in [1.54, 1.807) is 42.1 Å². The lowest BCUT2D eigenvalue weighted by atomic mass is 10.2. The van der Waals surface area contributed by atoms with Crippen LogP contribution in [0.1, 0.15) is 11.1 Å². The van der Waals surface area contributed by atoms with Gasteiger partial charge >= 0.3 is 0 Å². The number of halogens is 2. The monoisotopic (exact) mass is 557 g/mol. The molecule has 0 fully saturated rings. The van der Waals surface area contributed by atoms with Gasteiger partial charge in [0.1, 0.15) is 35.5 Å². The van der Waals surface area contributed by atoms with E-state index < -0.39 is 33.0 Å². The van der Waals surface area contributed by atoms with Crippen LogP contribution in [0.3, 0.4) is 0 Å². The van der Waals surface area contributed by atoms with Gasteiger partial charge in [0.05, 0.1) is 27.1 Å². The van der Waals surface area contributed by atoms with Crippen molar-refractivity contribution in [1.29, 1.82) is 0 Å². The molecular formula is C28H21F2N7O2S. The third-order valence-electron chi connectivity index (χ3n) is 6.37. The van der Waals surface area contributed by atoms with Gasteiger partial charge in [-0.05, 0) is 61.9 Å². The average molecular weight is 558 g/mol. The number of aromatic nitrogens is 5. The number of fused-ring (bicyclic) bond motifs is 2. The first-order valence-electron chi connectivity index (χ1n) is 12.1. The van der Waals surface area contributed by atoms with E-state index in [4.69, 9.17) is 0 Å². The van der Waals surface area contributed by atoms with Crippen molar-refractivity contribution in [1.82, 2.24) is 24.5 Å². The van der Waals surface area contributed by atoms with Crippen LogP contribution < -0.4 is 10.0 Å². The molecule has 6 rings (SSSR count). The first-order valence-corrected chi connectivity index (χ1v) is 13.6. The van der Waals surface area contributed by atoms with E-state index >= 15 is 4.39 Å². The Kier molecular flexibility index (Phi) is 6.11. The molecule has 0 radical (unpaired) electrons. The summed E-state index contributed by atoms with van der Waals surface area (Å²) >= 11 is 0. The van der Waals surface area contributed by atoms with Crippen LogP contribution in [-0.2, 0) is 10.0 Å². The molecule has 0 aliphatic carbocycles. The normalized spacial score (nSPS) is 11.7. The minimum Gasteiger partial charge on any atom is -0.333 e. The second-order valence-corrected chi connectivity index (χ2v) is 10.8. The van der Waals surface area contributed by atoms with Gasteiger partial charge < -0.3 is 5.32 Å². The number of hydrogen-bond donors (Lipinski definition) is 2. The molecule has 0 saturated heterocycles. The molecule has 3 aromatic heterocycles. The van der Waals surface area contributed by atoms with E-state index in [0.717, 1.165) is 28.7 Å². The minimum absolute atomic E-state index is 0.0121. The molecule has 0 saturated carbocycles. The SMILES string of the molecule is Cc1ccc(S(=O)(=O)Nc2ccc(F)c(Nc3ncnc4ccc(-n5cnc6ccccc65)nc34)c2F)c(C)c1. The first-order chi connectivity index (χ1) is 19.2. The molecule has 0 bridgehead atoms. The highest BCUT2D eigenvalue weighted by Crippen LogP contribution is 2.32. The van der Waals surface area contributed by atoms with Gasteiger partial charge in [-0.1, -0.05) is 29.8 Å². The fourth-order valence-electron chi connectivity index (χ4n) is 4.46. The van der Waals surface area contributed by atoms with Crippen LogP contribution in [0.5, 0.6) is 0 Å². The van der Waals surface area contributed by atoms with Crippen molar-refractivity contribution in [3.63, 3.8) is 0 Å². The zero-order valence-electron chi connectivity index (χ0n) is 21.2. The van der Waals surface area contributed by atoms with Crippen LogP contribution in [0.15, 0.2) is 84.3 Å². The maximum atomic E-state index is 15.6. The fourth-order valence-corrected chi connectivity index (χ4v) is 5.75. The van der Waals surface area contributed by atoms with Gasteiger partial charge in [-0.3, -0.25) is 9.29 Å². The van der Waals surface area contributed by atoms with Crippen molar-refractivity contribution >= 4 is 49.3 Å². The van der Waals surface area contributed by atoms with Gasteiger partial charge in [-0.25, -0.2) is 37.1 Å². The number of rotatable bonds is 6. The van der Waals surface area contributed by atoms with Crippen LogP contribution in [-0.4, -0.2) is 32.9 Å². The predicted molar refractivity (Wildman–Crippen MR) is 148 cm³/mol. The summed E-state index contributed by atoms with van der Waals surface area (Å²) in [5.74, 6) is -1.56. The molecule has 0 aliphatic rings. The Labute approximate surface area is 227 Å².